The predicted octanol–water partition coefficient (Wildman–Crippen LogP) is 4.40. The zero-order valence-corrected chi connectivity index (χ0v) is 14.9. The highest BCUT2D eigenvalue weighted by Gasteiger charge is 2.57. The van der Waals surface area contributed by atoms with E-state index in [2.05, 4.69) is 19.9 Å². The lowest BCUT2D eigenvalue weighted by atomic mass is 9.46. The Bertz CT molecular complexity index is 525. The van der Waals surface area contributed by atoms with Gasteiger partial charge in [0.2, 0.25) is 0 Å². The van der Waals surface area contributed by atoms with Gasteiger partial charge in [-0.25, -0.2) is 0 Å². The summed E-state index contributed by atoms with van der Waals surface area (Å²) in [6, 6.07) is 0. The molecule has 0 aromatic heterocycles. The minimum atomic E-state index is -0.603. The largest absolute Gasteiger partial charge is 0.481 e. The number of aliphatic hydroxyl groups is 1. The van der Waals surface area contributed by atoms with Gasteiger partial charge in [-0.1, -0.05) is 31.9 Å². The molecule has 2 N–H and O–H groups in total. The molecule has 23 heavy (non-hydrogen) atoms. The first-order valence-electron chi connectivity index (χ1n) is 9.30. The number of hydrogen-bond acceptors (Lipinski definition) is 2. The molecule has 0 radical (unpaired) electrons. The Morgan fingerprint density at radius 1 is 1.26 bits per heavy atom. The van der Waals surface area contributed by atoms with Gasteiger partial charge in [-0.05, 0) is 74.5 Å². The predicted molar refractivity (Wildman–Crippen MR) is 91.0 cm³/mol. The van der Waals surface area contributed by atoms with E-state index in [0.717, 1.165) is 51.4 Å². The number of aliphatic carboxylic acids is 1. The van der Waals surface area contributed by atoms with Crippen molar-refractivity contribution in [3.8, 4) is 0 Å². The zero-order valence-electron chi connectivity index (χ0n) is 14.9. The highest BCUT2D eigenvalue weighted by atomic mass is 16.4. The van der Waals surface area contributed by atoms with E-state index in [1.807, 2.05) is 6.92 Å². The van der Waals surface area contributed by atoms with Gasteiger partial charge in [-0.3, -0.25) is 4.79 Å². The van der Waals surface area contributed by atoms with E-state index in [4.69, 9.17) is 0 Å². The number of hydrogen-bond donors (Lipinski definition) is 2. The molecule has 130 valence electrons. The van der Waals surface area contributed by atoms with Crippen LogP contribution in [0, 0.1) is 28.1 Å². The molecular formula is C20H32O3. The zero-order chi connectivity index (χ0) is 16.9. The van der Waals surface area contributed by atoms with Crippen molar-refractivity contribution in [3.63, 3.8) is 0 Å². The van der Waals surface area contributed by atoms with Crippen molar-refractivity contribution in [1.82, 2.24) is 0 Å². The van der Waals surface area contributed by atoms with E-state index >= 15 is 0 Å². The van der Waals surface area contributed by atoms with Gasteiger partial charge in [0.05, 0.1) is 5.41 Å². The van der Waals surface area contributed by atoms with Crippen molar-refractivity contribution in [2.75, 3.05) is 6.61 Å². The van der Waals surface area contributed by atoms with Crippen LogP contribution in [0.25, 0.3) is 0 Å². The molecule has 0 bridgehead atoms. The molecule has 2 saturated carbocycles. The quantitative estimate of drug-likeness (QED) is 0.758. The molecule has 0 unspecified atom stereocenters. The summed E-state index contributed by atoms with van der Waals surface area (Å²) in [4.78, 5) is 12.0. The summed E-state index contributed by atoms with van der Waals surface area (Å²) in [6.45, 7) is 6.89. The van der Waals surface area contributed by atoms with Gasteiger partial charge in [-0.15, -0.1) is 0 Å². The van der Waals surface area contributed by atoms with Gasteiger partial charge >= 0.3 is 5.97 Å². The van der Waals surface area contributed by atoms with Crippen LogP contribution in [0.2, 0.25) is 0 Å². The maximum atomic E-state index is 12.0. The van der Waals surface area contributed by atoms with Crippen LogP contribution in [0.15, 0.2) is 11.6 Å². The number of carboxylic acid groups (broad SMARTS) is 1. The minimum absolute atomic E-state index is 0.0643. The average molecular weight is 320 g/mol. The Balaban J connectivity index is 1.94. The fourth-order valence-corrected chi connectivity index (χ4v) is 6.22. The Labute approximate surface area is 140 Å². The van der Waals surface area contributed by atoms with Crippen LogP contribution in [0.5, 0.6) is 0 Å². The van der Waals surface area contributed by atoms with Gasteiger partial charge in [0.1, 0.15) is 0 Å². The van der Waals surface area contributed by atoms with E-state index in [1.165, 1.54) is 0 Å². The molecule has 0 heterocycles. The fraction of sp³-hybridized carbons (Fsp3) is 0.850. The van der Waals surface area contributed by atoms with E-state index in [9.17, 15) is 15.0 Å². The molecule has 0 aliphatic heterocycles. The molecule has 3 heteroatoms. The molecule has 2 fully saturated rings. The maximum Gasteiger partial charge on any atom is 0.309 e. The highest BCUT2D eigenvalue weighted by Crippen LogP contribution is 2.63. The van der Waals surface area contributed by atoms with Crippen molar-refractivity contribution < 1.29 is 15.0 Å². The van der Waals surface area contributed by atoms with Crippen molar-refractivity contribution in [2.24, 2.45) is 28.1 Å². The van der Waals surface area contributed by atoms with Crippen LogP contribution in [0.3, 0.4) is 0 Å². The molecule has 3 aliphatic carbocycles. The summed E-state index contributed by atoms with van der Waals surface area (Å²) in [7, 11) is 0. The fourth-order valence-electron chi connectivity index (χ4n) is 6.22. The van der Waals surface area contributed by atoms with E-state index in [0.29, 0.717) is 5.92 Å². The van der Waals surface area contributed by atoms with E-state index in [-0.39, 0.29) is 23.4 Å². The summed E-state index contributed by atoms with van der Waals surface area (Å²) in [5.41, 5.74) is 1.27. The van der Waals surface area contributed by atoms with Crippen molar-refractivity contribution in [2.45, 2.75) is 72.1 Å². The molecule has 3 nitrogen and oxygen atoms in total. The third-order valence-electron chi connectivity index (χ3n) is 7.59. The molecule has 5 atom stereocenters. The van der Waals surface area contributed by atoms with Crippen LogP contribution in [-0.2, 0) is 4.79 Å². The first kappa shape index (κ1) is 17.0. The van der Waals surface area contributed by atoms with Crippen LogP contribution in [-0.4, -0.2) is 22.8 Å². The van der Waals surface area contributed by atoms with Crippen LogP contribution >= 0.6 is 0 Å². The minimum Gasteiger partial charge on any atom is -0.481 e. The number of aliphatic hydroxyl groups excluding tert-OH is 1. The number of carboxylic acids is 1. The van der Waals surface area contributed by atoms with Crippen molar-refractivity contribution >= 4 is 5.97 Å². The molecule has 0 saturated heterocycles. The molecule has 0 spiro atoms. The van der Waals surface area contributed by atoms with E-state index < -0.39 is 11.4 Å². The SMILES string of the molecule is C[C@]1(CCO)CC=C2[C@@H](CC[C@@H]3[C@](C)(C(=O)O)CCC[C@@]23C)C1. The van der Waals surface area contributed by atoms with Gasteiger partial charge in [-0.2, -0.15) is 0 Å². The number of allylic oxidation sites excluding steroid dienone is 2. The second-order valence-electron chi connectivity index (χ2n) is 9.17. The molecular weight excluding hydrogens is 288 g/mol. The van der Waals surface area contributed by atoms with Crippen molar-refractivity contribution in [1.29, 1.82) is 0 Å². The second-order valence-corrected chi connectivity index (χ2v) is 9.17. The van der Waals surface area contributed by atoms with Crippen LogP contribution in [0.4, 0.5) is 0 Å². The Morgan fingerprint density at radius 3 is 2.65 bits per heavy atom. The highest BCUT2D eigenvalue weighted by molar-refractivity contribution is 5.75. The summed E-state index contributed by atoms with van der Waals surface area (Å²) < 4.78 is 0. The summed E-state index contributed by atoms with van der Waals surface area (Å²) in [5, 5.41) is 19.2. The monoisotopic (exact) mass is 320 g/mol. The number of carbonyl (C=O) groups is 1. The summed E-state index contributed by atoms with van der Waals surface area (Å²) >= 11 is 0. The second kappa shape index (κ2) is 5.61. The third kappa shape index (κ3) is 2.56. The van der Waals surface area contributed by atoms with Gasteiger partial charge < -0.3 is 10.2 Å². The Hall–Kier alpha value is -0.830. The smallest absolute Gasteiger partial charge is 0.309 e. The standard InChI is InChI=1S/C20H32O3/c1-18(11-12-21)10-7-15-14(13-18)5-6-16-19(15,2)8-4-9-20(16,3)17(22)23/h7,14,16,21H,4-6,8-13H2,1-3H3,(H,22,23)/t14-,16-,18+,19-,20+/m0/s1. The average Bonchev–Trinajstić information content (AvgIpc) is 2.46. The van der Waals surface area contributed by atoms with Gasteiger partial charge in [0.15, 0.2) is 0 Å². The summed E-state index contributed by atoms with van der Waals surface area (Å²) in [5.74, 6) is 0.261. The number of fused-ring (bicyclic) bond motifs is 3. The number of rotatable bonds is 3. The lowest BCUT2D eigenvalue weighted by Crippen LogP contribution is -2.52. The Kier molecular flexibility index (Phi) is 4.15. The molecule has 0 amide bonds. The first-order chi connectivity index (χ1) is 10.8. The molecule has 3 aliphatic rings. The first-order valence-corrected chi connectivity index (χ1v) is 9.30. The maximum absolute atomic E-state index is 12.0. The van der Waals surface area contributed by atoms with E-state index in [1.54, 1.807) is 5.57 Å². The van der Waals surface area contributed by atoms with Crippen LogP contribution < -0.4 is 0 Å². The normalized spacial score (nSPS) is 46.5. The van der Waals surface area contributed by atoms with Gasteiger partial charge in [0.25, 0.3) is 0 Å². The Morgan fingerprint density at radius 2 is 2.00 bits per heavy atom. The third-order valence-corrected chi connectivity index (χ3v) is 7.59. The topological polar surface area (TPSA) is 57.5 Å². The molecule has 0 aromatic carbocycles. The lowest BCUT2D eigenvalue weighted by Gasteiger charge is -2.58. The van der Waals surface area contributed by atoms with Gasteiger partial charge in [0, 0.05) is 6.61 Å². The van der Waals surface area contributed by atoms with Crippen LogP contribution in [0.1, 0.15) is 72.1 Å². The molecule has 3 rings (SSSR count). The summed E-state index contributed by atoms with van der Waals surface area (Å²) in [6.07, 6.45) is 10.6. The van der Waals surface area contributed by atoms with Crippen molar-refractivity contribution in [3.05, 3.63) is 11.6 Å². The molecule has 0 aromatic rings. The lowest BCUT2D eigenvalue weighted by molar-refractivity contribution is -0.160.